The fraction of sp³-hybridized carbons (Fsp3) is 0.290. The number of allylic oxidation sites excluding steroid dienone is 8. The highest BCUT2D eigenvalue weighted by atomic mass is 16.5. The third-order valence-electron chi connectivity index (χ3n) is 6.35. The molecule has 1 heterocycles. The number of nitrogens with zero attached hydrogens (tertiary/aromatic N) is 1. The van der Waals surface area contributed by atoms with Crippen LogP contribution in [0.5, 0.6) is 17.2 Å². The van der Waals surface area contributed by atoms with E-state index in [1.165, 1.54) is 11.1 Å². The molecule has 0 radical (unpaired) electrons. The Morgan fingerprint density at radius 3 is 2.57 bits per heavy atom. The average molecular weight is 472 g/mol. The van der Waals surface area contributed by atoms with Gasteiger partial charge in [-0.2, -0.15) is 0 Å². The van der Waals surface area contributed by atoms with Crippen molar-refractivity contribution in [2.45, 2.75) is 46.0 Å². The molecule has 0 fully saturated rings. The van der Waals surface area contributed by atoms with Gasteiger partial charge in [-0.1, -0.05) is 76.3 Å². The molecule has 2 aromatic rings. The number of hydrogen-bond donors (Lipinski definition) is 1. The highest BCUT2D eigenvalue weighted by Gasteiger charge is 2.26. The number of aryl methyl sites for hydroxylation is 1. The Balaban J connectivity index is 1.64. The smallest absolute Gasteiger partial charge is 0.200 e. The summed E-state index contributed by atoms with van der Waals surface area (Å²) in [6.07, 6.45) is 16.1. The van der Waals surface area contributed by atoms with Gasteiger partial charge in [-0.05, 0) is 60.4 Å². The van der Waals surface area contributed by atoms with Crippen LogP contribution in [0.3, 0.4) is 0 Å². The van der Waals surface area contributed by atoms with Crippen LogP contribution < -0.4 is 14.4 Å². The van der Waals surface area contributed by atoms with Crippen LogP contribution >= 0.6 is 0 Å². The van der Waals surface area contributed by atoms with Crippen molar-refractivity contribution in [1.29, 1.82) is 0 Å². The lowest BCUT2D eigenvalue weighted by Gasteiger charge is -2.28. The minimum absolute atomic E-state index is 0.206. The summed E-state index contributed by atoms with van der Waals surface area (Å²) in [5.74, 6) is 2.51. The lowest BCUT2D eigenvalue weighted by molar-refractivity contribution is 0.413. The molecule has 1 N–H and O–H groups in total. The normalized spacial score (nSPS) is 14.9. The molecule has 3 rings (SSSR count). The summed E-state index contributed by atoms with van der Waals surface area (Å²) in [4.78, 5) is 2.15. The standard InChI is InChI=1S/C31H37NO3/c1-7-8-20-32-28-19-17-25(33)21-29(28)35-30(32)15-13-11-9-10-12-14-24(3)31(4,5)27-22-26(34-6)18-16-23(27)2/h9-19,21-22,33H,3,7-8,20H2,1-2,4-6H3/b10-9+,13-11+,14-12+,30-15-. The van der Waals surface area contributed by atoms with E-state index in [0.29, 0.717) is 5.75 Å². The van der Waals surface area contributed by atoms with E-state index < -0.39 is 0 Å². The molecule has 35 heavy (non-hydrogen) atoms. The average Bonchev–Trinajstić information content (AvgIpc) is 3.18. The zero-order valence-corrected chi connectivity index (χ0v) is 21.5. The van der Waals surface area contributed by atoms with Gasteiger partial charge in [0.1, 0.15) is 11.5 Å². The topological polar surface area (TPSA) is 41.9 Å². The number of fused-ring (bicyclic) bond motifs is 1. The van der Waals surface area contributed by atoms with Crippen LogP contribution in [-0.4, -0.2) is 18.8 Å². The van der Waals surface area contributed by atoms with Gasteiger partial charge >= 0.3 is 0 Å². The second-order valence-electron chi connectivity index (χ2n) is 9.22. The number of hydrogen-bond acceptors (Lipinski definition) is 4. The van der Waals surface area contributed by atoms with Crippen LogP contribution in [0.1, 0.15) is 44.7 Å². The Morgan fingerprint density at radius 1 is 1.09 bits per heavy atom. The van der Waals surface area contributed by atoms with Gasteiger partial charge < -0.3 is 19.5 Å². The maximum Gasteiger partial charge on any atom is 0.200 e. The summed E-state index contributed by atoms with van der Waals surface area (Å²) in [6, 6.07) is 11.4. The van der Waals surface area contributed by atoms with Gasteiger partial charge in [0.15, 0.2) is 5.75 Å². The molecular weight excluding hydrogens is 434 g/mol. The highest BCUT2D eigenvalue weighted by Crippen LogP contribution is 2.41. The van der Waals surface area contributed by atoms with Crippen LogP contribution in [0, 0.1) is 6.92 Å². The van der Waals surface area contributed by atoms with E-state index in [1.807, 2.05) is 48.6 Å². The lowest BCUT2D eigenvalue weighted by atomic mass is 9.76. The number of anilines is 1. The predicted octanol–water partition coefficient (Wildman–Crippen LogP) is 7.75. The molecule has 0 aliphatic carbocycles. The number of aromatic hydroxyl groups is 1. The SMILES string of the molecule is C=C(/C=C/C=C/C=C/C=C1\Oc2cc(O)ccc2N1CCCC)C(C)(C)c1cc(OC)ccc1C. The molecule has 2 aromatic carbocycles. The summed E-state index contributed by atoms with van der Waals surface area (Å²) in [5, 5.41) is 9.77. The first-order valence-electron chi connectivity index (χ1n) is 12.1. The van der Waals surface area contributed by atoms with E-state index in [-0.39, 0.29) is 11.2 Å². The van der Waals surface area contributed by atoms with Gasteiger partial charge in [-0.3, -0.25) is 0 Å². The Labute approximate surface area is 210 Å². The number of ether oxygens (including phenoxy) is 2. The van der Waals surface area contributed by atoms with Gasteiger partial charge in [0.2, 0.25) is 5.88 Å². The van der Waals surface area contributed by atoms with Crippen LogP contribution in [0.25, 0.3) is 0 Å². The predicted molar refractivity (Wildman–Crippen MR) is 146 cm³/mol. The van der Waals surface area contributed by atoms with E-state index in [9.17, 15) is 5.11 Å². The first-order valence-corrected chi connectivity index (χ1v) is 12.1. The summed E-state index contributed by atoms with van der Waals surface area (Å²) in [7, 11) is 1.69. The van der Waals surface area contributed by atoms with E-state index in [0.717, 1.165) is 42.3 Å². The van der Waals surface area contributed by atoms with Crippen molar-refractivity contribution in [3.05, 3.63) is 108 Å². The van der Waals surface area contributed by atoms with Crippen LogP contribution in [0.15, 0.2) is 97.0 Å². The molecular formula is C31H37NO3. The van der Waals surface area contributed by atoms with E-state index >= 15 is 0 Å². The van der Waals surface area contributed by atoms with Crippen LogP contribution in [0.4, 0.5) is 5.69 Å². The number of unbranched alkanes of at least 4 members (excludes halogenated alkanes) is 1. The van der Waals surface area contributed by atoms with Crippen molar-refractivity contribution in [3.8, 4) is 17.2 Å². The highest BCUT2D eigenvalue weighted by molar-refractivity contribution is 5.68. The van der Waals surface area contributed by atoms with Crippen molar-refractivity contribution in [3.63, 3.8) is 0 Å². The summed E-state index contributed by atoms with van der Waals surface area (Å²) >= 11 is 0. The maximum atomic E-state index is 9.77. The molecule has 0 saturated carbocycles. The molecule has 4 nitrogen and oxygen atoms in total. The first-order chi connectivity index (χ1) is 16.8. The van der Waals surface area contributed by atoms with Gasteiger partial charge in [-0.15, -0.1) is 0 Å². The zero-order chi connectivity index (χ0) is 25.4. The molecule has 0 amide bonds. The van der Waals surface area contributed by atoms with Gasteiger partial charge in [0, 0.05) is 18.0 Å². The molecule has 1 aliphatic heterocycles. The van der Waals surface area contributed by atoms with Gasteiger partial charge in [-0.25, -0.2) is 0 Å². The molecule has 1 aliphatic rings. The quantitative estimate of drug-likeness (QED) is 0.360. The first kappa shape index (κ1) is 26.0. The molecule has 4 heteroatoms. The number of rotatable bonds is 10. The second kappa shape index (κ2) is 11.7. The van der Waals surface area contributed by atoms with E-state index in [2.05, 4.69) is 57.4 Å². The fourth-order valence-electron chi connectivity index (χ4n) is 4.05. The third-order valence-corrected chi connectivity index (χ3v) is 6.35. The Kier molecular flexibility index (Phi) is 8.64. The zero-order valence-electron chi connectivity index (χ0n) is 21.5. The summed E-state index contributed by atoms with van der Waals surface area (Å²) in [5.41, 5.74) is 4.23. The second-order valence-corrected chi connectivity index (χ2v) is 9.22. The van der Waals surface area contributed by atoms with E-state index in [1.54, 1.807) is 19.2 Å². The largest absolute Gasteiger partial charge is 0.508 e. The molecule has 0 bridgehead atoms. The van der Waals surface area contributed by atoms with Crippen molar-refractivity contribution < 1.29 is 14.6 Å². The monoisotopic (exact) mass is 471 g/mol. The molecule has 0 atom stereocenters. The fourth-order valence-corrected chi connectivity index (χ4v) is 4.05. The van der Waals surface area contributed by atoms with Gasteiger partial charge in [0.25, 0.3) is 0 Å². The molecule has 184 valence electrons. The third kappa shape index (κ3) is 6.27. The number of benzene rings is 2. The van der Waals surface area contributed by atoms with Crippen molar-refractivity contribution in [2.24, 2.45) is 0 Å². The van der Waals surface area contributed by atoms with Crippen molar-refractivity contribution >= 4 is 5.69 Å². The minimum atomic E-state index is -0.214. The molecule has 0 saturated heterocycles. The van der Waals surface area contributed by atoms with E-state index in [4.69, 9.17) is 9.47 Å². The van der Waals surface area contributed by atoms with Crippen molar-refractivity contribution in [2.75, 3.05) is 18.6 Å². The maximum absolute atomic E-state index is 9.77. The van der Waals surface area contributed by atoms with Gasteiger partial charge in [0.05, 0.1) is 12.8 Å². The Morgan fingerprint density at radius 2 is 1.83 bits per heavy atom. The Bertz CT molecular complexity index is 1170. The molecule has 0 aromatic heterocycles. The number of phenols is 1. The molecule has 0 unspecified atom stereocenters. The minimum Gasteiger partial charge on any atom is -0.508 e. The van der Waals surface area contributed by atoms with Crippen LogP contribution in [0.2, 0.25) is 0 Å². The van der Waals surface area contributed by atoms with Crippen molar-refractivity contribution in [1.82, 2.24) is 0 Å². The summed E-state index contributed by atoms with van der Waals surface area (Å²) < 4.78 is 11.4. The van der Waals surface area contributed by atoms with Crippen LogP contribution in [-0.2, 0) is 5.41 Å². The number of phenolic OH excluding ortho intramolecular Hbond substituents is 1. The summed E-state index contributed by atoms with van der Waals surface area (Å²) in [6.45, 7) is 13.8. The number of methoxy groups -OCH3 is 1. The molecule has 0 spiro atoms. The Hall–Kier alpha value is -3.66. The lowest BCUT2D eigenvalue weighted by Crippen LogP contribution is -2.21.